The molecule has 0 spiro atoms. The quantitative estimate of drug-likeness (QED) is 0.845. The van der Waals surface area contributed by atoms with Crippen molar-refractivity contribution in [2.75, 3.05) is 20.1 Å². The van der Waals surface area contributed by atoms with Crippen LogP contribution in [0.4, 0.5) is 4.79 Å². The first-order valence-corrected chi connectivity index (χ1v) is 9.77. The van der Waals surface area contributed by atoms with Crippen LogP contribution in [0.15, 0.2) is 27.3 Å². The molecule has 1 unspecified atom stereocenters. The lowest BCUT2D eigenvalue weighted by atomic mass is 9.85. The van der Waals surface area contributed by atoms with Gasteiger partial charge in [-0.25, -0.2) is 4.79 Å². The minimum atomic E-state index is -0.215. The van der Waals surface area contributed by atoms with Crippen molar-refractivity contribution in [1.82, 2.24) is 25.3 Å². The van der Waals surface area contributed by atoms with Crippen LogP contribution >= 0.6 is 0 Å². The summed E-state index contributed by atoms with van der Waals surface area (Å²) in [6.45, 7) is 1.41. The molecule has 150 valence electrons. The second-order valence-electron chi connectivity index (χ2n) is 7.55. The highest BCUT2D eigenvalue weighted by Gasteiger charge is 2.28. The third-order valence-electron chi connectivity index (χ3n) is 5.43. The lowest BCUT2D eigenvalue weighted by Gasteiger charge is -2.33. The topological polar surface area (TPSA) is 105 Å². The summed E-state index contributed by atoms with van der Waals surface area (Å²) in [5.74, 6) is 1.74. The number of piperidine rings is 1. The Kier molecular flexibility index (Phi) is 5.31. The van der Waals surface area contributed by atoms with Crippen molar-refractivity contribution in [2.24, 2.45) is 0 Å². The normalized spacial score (nSPS) is 19.9. The Morgan fingerprint density at radius 1 is 1.32 bits per heavy atom. The first kappa shape index (κ1) is 18.5. The Bertz CT molecular complexity index is 814. The van der Waals surface area contributed by atoms with E-state index in [0.717, 1.165) is 25.7 Å². The molecule has 1 aliphatic carbocycles. The van der Waals surface area contributed by atoms with Crippen LogP contribution in [0.1, 0.15) is 60.3 Å². The van der Waals surface area contributed by atoms with E-state index in [9.17, 15) is 9.59 Å². The number of amides is 3. The Balaban J connectivity index is 1.28. The van der Waals surface area contributed by atoms with Gasteiger partial charge in [0.05, 0.1) is 12.8 Å². The van der Waals surface area contributed by atoms with E-state index in [1.165, 1.54) is 17.6 Å². The van der Waals surface area contributed by atoms with Crippen LogP contribution in [0.5, 0.6) is 0 Å². The molecule has 4 rings (SSSR count). The number of rotatable bonds is 5. The largest absolute Gasteiger partial charge is 0.459 e. The van der Waals surface area contributed by atoms with Gasteiger partial charge in [0.15, 0.2) is 11.6 Å². The van der Waals surface area contributed by atoms with Crippen molar-refractivity contribution >= 4 is 11.9 Å². The standard InChI is InChI=1S/C19H25N5O4/c1-23(12-16-21-17(28-22-16)13-5-2-6-13)19(26)20-14-7-3-9-24(11-14)18(25)15-8-4-10-27-15/h4,8,10,13-14H,2-3,5-7,9,11-12H2,1H3,(H,20,26). The second-order valence-corrected chi connectivity index (χ2v) is 7.55. The molecule has 1 atom stereocenters. The molecule has 9 heteroatoms. The molecule has 2 aliphatic rings. The molecule has 1 aliphatic heterocycles. The lowest BCUT2D eigenvalue weighted by molar-refractivity contribution is 0.0663. The molecule has 0 aromatic carbocycles. The highest BCUT2D eigenvalue weighted by atomic mass is 16.5. The summed E-state index contributed by atoms with van der Waals surface area (Å²) in [4.78, 5) is 32.6. The van der Waals surface area contributed by atoms with Crippen molar-refractivity contribution in [3.63, 3.8) is 0 Å². The number of furan rings is 1. The molecule has 2 aromatic rings. The van der Waals surface area contributed by atoms with Crippen LogP contribution in [0.2, 0.25) is 0 Å². The fourth-order valence-electron chi connectivity index (χ4n) is 3.56. The van der Waals surface area contributed by atoms with Crippen molar-refractivity contribution in [2.45, 2.75) is 50.6 Å². The minimum Gasteiger partial charge on any atom is -0.459 e. The van der Waals surface area contributed by atoms with E-state index >= 15 is 0 Å². The summed E-state index contributed by atoms with van der Waals surface area (Å²) in [7, 11) is 1.70. The summed E-state index contributed by atoms with van der Waals surface area (Å²) in [6, 6.07) is 3.03. The zero-order chi connectivity index (χ0) is 19.5. The summed E-state index contributed by atoms with van der Waals surface area (Å²) in [5, 5.41) is 6.98. The molecule has 3 heterocycles. The maximum Gasteiger partial charge on any atom is 0.317 e. The van der Waals surface area contributed by atoms with Crippen LogP contribution in [0.25, 0.3) is 0 Å². The van der Waals surface area contributed by atoms with E-state index in [0.29, 0.717) is 36.5 Å². The highest BCUT2D eigenvalue weighted by Crippen LogP contribution is 2.35. The van der Waals surface area contributed by atoms with Crippen LogP contribution in [0, 0.1) is 0 Å². The monoisotopic (exact) mass is 387 g/mol. The van der Waals surface area contributed by atoms with Gasteiger partial charge >= 0.3 is 6.03 Å². The molecule has 3 amide bonds. The molecule has 1 N–H and O–H groups in total. The first-order chi connectivity index (χ1) is 13.6. The first-order valence-electron chi connectivity index (χ1n) is 9.77. The number of hydrogen-bond acceptors (Lipinski definition) is 6. The highest BCUT2D eigenvalue weighted by molar-refractivity contribution is 5.91. The maximum absolute atomic E-state index is 12.5. The third-order valence-corrected chi connectivity index (χ3v) is 5.43. The van der Waals surface area contributed by atoms with E-state index in [2.05, 4.69) is 15.5 Å². The van der Waals surface area contributed by atoms with E-state index < -0.39 is 0 Å². The van der Waals surface area contributed by atoms with Crippen molar-refractivity contribution in [1.29, 1.82) is 0 Å². The number of carbonyl (C=O) groups is 2. The fourth-order valence-corrected chi connectivity index (χ4v) is 3.56. The van der Waals surface area contributed by atoms with Gasteiger partial charge < -0.3 is 24.1 Å². The van der Waals surface area contributed by atoms with E-state index in [-0.39, 0.29) is 24.5 Å². The average molecular weight is 387 g/mol. The van der Waals surface area contributed by atoms with Crippen molar-refractivity contribution in [3.05, 3.63) is 35.9 Å². The summed E-state index contributed by atoms with van der Waals surface area (Å²) in [5.41, 5.74) is 0. The molecule has 2 aromatic heterocycles. The van der Waals surface area contributed by atoms with Gasteiger partial charge in [-0.2, -0.15) is 4.98 Å². The summed E-state index contributed by atoms with van der Waals surface area (Å²) >= 11 is 0. The van der Waals surface area contributed by atoms with Gasteiger partial charge in [-0.3, -0.25) is 4.79 Å². The van der Waals surface area contributed by atoms with Gasteiger partial charge in [-0.1, -0.05) is 11.6 Å². The van der Waals surface area contributed by atoms with Crippen molar-refractivity contribution in [3.8, 4) is 0 Å². The molecule has 2 fully saturated rings. The fraction of sp³-hybridized carbons (Fsp3) is 0.579. The van der Waals surface area contributed by atoms with Crippen molar-refractivity contribution < 1.29 is 18.5 Å². The molecule has 9 nitrogen and oxygen atoms in total. The minimum absolute atomic E-state index is 0.0987. The molecule has 0 radical (unpaired) electrons. The van der Waals surface area contributed by atoms with Crippen LogP contribution in [-0.2, 0) is 6.54 Å². The van der Waals surface area contributed by atoms with E-state index in [1.54, 1.807) is 24.1 Å². The van der Waals surface area contributed by atoms with Gasteiger partial charge in [0, 0.05) is 32.1 Å². The third kappa shape index (κ3) is 4.02. The Hall–Kier alpha value is -2.84. The number of nitrogens with zero attached hydrogens (tertiary/aromatic N) is 4. The van der Waals surface area contributed by atoms with Gasteiger partial charge in [-0.15, -0.1) is 0 Å². The number of urea groups is 1. The Morgan fingerprint density at radius 3 is 2.89 bits per heavy atom. The number of hydrogen-bond donors (Lipinski definition) is 1. The number of likely N-dealkylation sites (tertiary alicyclic amines) is 1. The van der Waals surface area contributed by atoms with Crippen LogP contribution < -0.4 is 5.32 Å². The number of nitrogens with one attached hydrogen (secondary N) is 1. The Labute approximate surface area is 163 Å². The summed E-state index contributed by atoms with van der Waals surface area (Å²) < 4.78 is 10.5. The lowest BCUT2D eigenvalue weighted by Crippen LogP contribution is -2.52. The number of carbonyl (C=O) groups excluding carboxylic acids is 2. The average Bonchev–Trinajstić information content (AvgIpc) is 3.32. The SMILES string of the molecule is CN(Cc1noc(C2CCC2)n1)C(=O)NC1CCCN(C(=O)c2ccco2)C1. The van der Waals surface area contributed by atoms with Gasteiger partial charge in [-0.05, 0) is 37.8 Å². The molecule has 28 heavy (non-hydrogen) atoms. The molecule has 1 saturated heterocycles. The smallest absolute Gasteiger partial charge is 0.317 e. The van der Waals surface area contributed by atoms with Crippen LogP contribution in [-0.4, -0.2) is 58.1 Å². The maximum atomic E-state index is 12.5. The zero-order valence-corrected chi connectivity index (χ0v) is 16.0. The predicted octanol–water partition coefficient (Wildman–Crippen LogP) is 2.38. The van der Waals surface area contributed by atoms with Gasteiger partial charge in [0.1, 0.15) is 0 Å². The van der Waals surface area contributed by atoms with Gasteiger partial charge in [0.2, 0.25) is 5.89 Å². The van der Waals surface area contributed by atoms with Crippen LogP contribution in [0.3, 0.4) is 0 Å². The zero-order valence-electron chi connectivity index (χ0n) is 16.0. The molecule has 1 saturated carbocycles. The summed E-state index contributed by atoms with van der Waals surface area (Å²) in [6.07, 6.45) is 6.53. The molecular weight excluding hydrogens is 362 g/mol. The molecular formula is C19H25N5O4. The second kappa shape index (κ2) is 8.04. The van der Waals surface area contributed by atoms with E-state index in [1.807, 2.05) is 0 Å². The van der Waals surface area contributed by atoms with E-state index in [4.69, 9.17) is 8.94 Å². The Morgan fingerprint density at radius 2 is 2.18 bits per heavy atom. The van der Waals surface area contributed by atoms with Gasteiger partial charge in [0.25, 0.3) is 5.91 Å². The number of aromatic nitrogens is 2. The molecule has 0 bridgehead atoms. The predicted molar refractivity (Wildman–Crippen MR) is 98.5 cm³/mol.